The highest BCUT2D eigenvalue weighted by Gasteiger charge is 2.22. The molecule has 0 unspecified atom stereocenters. The van der Waals surface area contributed by atoms with Gasteiger partial charge in [-0.2, -0.15) is 0 Å². The topological polar surface area (TPSA) is 75.6 Å². The van der Waals surface area contributed by atoms with Crippen LogP contribution in [0.3, 0.4) is 0 Å². The van der Waals surface area contributed by atoms with Gasteiger partial charge < -0.3 is 15.0 Å². The zero-order chi connectivity index (χ0) is 21.4. The van der Waals surface area contributed by atoms with Gasteiger partial charge in [-0.1, -0.05) is 12.1 Å². The second-order valence-electron chi connectivity index (χ2n) is 8.21. The number of hydrogen-bond donors (Lipinski definition) is 1. The standard InChI is InChI=1S/C24H27N7/c1-17-4-5-19(14-18(17)2)23-21(31-15-20(25)6-7-22(31)28-23)16-29-10-12-30(13-11-29)24-26-8-3-9-27-24/h3-9,14-15H,10-13,16,25H2,1-2H3. The fourth-order valence-electron chi connectivity index (χ4n) is 4.15. The van der Waals surface area contributed by atoms with E-state index in [0.29, 0.717) is 0 Å². The summed E-state index contributed by atoms with van der Waals surface area (Å²) in [5.41, 5.74) is 13.7. The first-order chi connectivity index (χ1) is 15.1. The minimum absolute atomic E-state index is 0.740. The average molecular weight is 414 g/mol. The van der Waals surface area contributed by atoms with E-state index in [1.165, 1.54) is 16.8 Å². The molecule has 0 aliphatic carbocycles. The number of benzene rings is 1. The molecule has 1 aliphatic heterocycles. The summed E-state index contributed by atoms with van der Waals surface area (Å²) in [7, 11) is 0. The lowest BCUT2D eigenvalue weighted by Crippen LogP contribution is -2.46. The van der Waals surface area contributed by atoms with Crippen LogP contribution in [-0.4, -0.2) is 50.4 Å². The van der Waals surface area contributed by atoms with Gasteiger partial charge in [-0.15, -0.1) is 0 Å². The lowest BCUT2D eigenvalue weighted by atomic mass is 10.0. The number of nitrogens with zero attached hydrogens (tertiary/aromatic N) is 6. The van der Waals surface area contributed by atoms with E-state index in [0.717, 1.165) is 61.3 Å². The Morgan fingerprint density at radius 2 is 1.71 bits per heavy atom. The van der Waals surface area contributed by atoms with Crippen LogP contribution in [0, 0.1) is 13.8 Å². The molecule has 31 heavy (non-hydrogen) atoms. The molecule has 7 heteroatoms. The maximum Gasteiger partial charge on any atom is 0.225 e. The van der Waals surface area contributed by atoms with Gasteiger partial charge in [-0.05, 0) is 49.2 Å². The first-order valence-electron chi connectivity index (χ1n) is 10.7. The Morgan fingerprint density at radius 1 is 0.935 bits per heavy atom. The summed E-state index contributed by atoms with van der Waals surface area (Å²) in [6.45, 7) is 8.80. The number of anilines is 2. The van der Waals surface area contributed by atoms with E-state index < -0.39 is 0 Å². The Morgan fingerprint density at radius 3 is 2.45 bits per heavy atom. The Labute approximate surface area is 182 Å². The van der Waals surface area contributed by atoms with Crippen molar-refractivity contribution in [3.63, 3.8) is 0 Å². The molecule has 1 aliphatic rings. The molecule has 0 spiro atoms. The number of fused-ring (bicyclic) bond motifs is 1. The Bertz CT molecular complexity index is 1210. The largest absolute Gasteiger partial charge is 0.398 e. The maximum atomic E-state index is 6.12. The number of piperazine rings is 1. The highest BCUT2D eigenvalue weighted by Crippen LogP contribution is 2.28. The van der Waals surface area contributed by atoms with Crippen LogP contribution in [0.4, 0.5) is 11.6 Å². The molecule has 158 valence electrons. The van der Waals surface area contributed by atoms with Crippen LogP contribution in [-0.2, 0) is 6.54 Å². The summed E-state index contributed by atoms with van der Waals surface area (Å²) in [5, 5.41) is 0. The van der Waals surface area contributed by atoms with Gasteiger partial charge in [0.1, 0.15) is 5.65 Å². The highest BCUT2D eigenvalue weighted by atomic mass is 15.3. The summed E-state index contributed by atoms with van der Waals surface area (Å²) in [4.78, 5) is 18.5. The number of aromatic nitrogens is 4. The van der Waals surface area contributed by atoms with Gasteiger partial charge in [0, 0.05) is 62.6 Å². The van der Waals surface area contributed by atoms with Gasteiger partial charge in [0.2, 0.25) is 5.95 Å². The van der Waals surface area contributed by atoms with E-state index >= 15 is 0 Å². The van der Waals surface area contributed by atoms with Crippen molar-refractivity contribution >= 4 is 17.3 Å². The SMILES string of the molecule is Cc1ccc(-c2nc3ccc(N)cn3c2CN2CCN(c3ncccn3)CC2)cc1C. The monoisotopic (exact) mass is 413 g/mol. The molecule has 1 aromatic carbocycles. The minimum atomic E-state index is 0.740. The third kappa shape index (κ3) is 3.84. The molecule has 0 atom stereocenters. The normalized spacial score (nSPS) is 15.0. The minimum Gasteiger partial charge on any atom is -0.398 e. The number of aryl methyl sites for hydroxylation is 2. The fourth-order valence-corrected chi connectivity index (χ4v) is 4.15. The predicted molar refractivity (Wildman–Crippen MR) is 124 cm³/mol. The lowest BCUT2D eigenvalue weighted by molar-refractivity contribution is 0.246. The van der Waals surface area contributed by atoms with E-state index in [9.17, 15) is 0 Å². The van der Waals surface area contributed by atoms with Crippen LogP contribution < -0.4 is 10.6 Å². The van der Waals surface area contributed by atoms with Crippen molar-refractivity contribution in [3.05, 3.63) is 71.8 Å². The van der Waals surface area contributed by atoms with Gasteiger partial charge in [0.25, 0.3) is 0 Å². The summed E-state index contributed by atoms with van der Waals surface area (Å²) in [6, 6.07) is 12.3. The fraction of sp³-hybridized carbons (Fsp3) is 0.292. The molecule has 0 amide bonds. The van der Waals surface area contributed by atoms with Crippen molar-refractivity contribution in [1.29, 1.82) is 0 Å². The molecular formula is C24H27N7. The zero-order valence-corrected chi connectivity index (χ0v) is 18.0. The van der Waals surface area contributed by atoms with Gasteiger partial charge in [0.05, 0.1) is 11.4 Å². The van der Waals surface area contributed by atoms with Crippen molar-refractivity contribution in [3.8, 4) is 11.3 Å². The molecule has 2 N–H and O–H groups in total. The Kier molecular flexibility index (Phi) is 5.03. The smallest absolute Gasteiger partial charge is 0.225 e. The summed E-state index contributed by atoms with van der Waals surface area (Å²) in [6.07, 6.45) is 5.58. The third-order valence-electron chi connectivity index (χ3n) is 6.10. The van der Waals surface area contributed by atoms with Crippen molar-refractivity contribution in [2.45, 2.75) is 20.4 Å². The van der Waals surface area contributed by atoms with Crippen molar-refractivity contribution in [1.82, 2.24) is 24.3 Å². The quantitative estimate of drug-likeness (QED) is 0.553. The van der Waals surface area contributed by atoms with Crippen molar-refractivity contribution in [2.75, 3.05) is 36.8 Å². The van der Waals surface area contributed by atoms with E-state index in [1.807, 2.05) is 24.4 Å². The van der Waals surface area contributed by atoms with Crippen LogP contribution in [0.2, 0.25) is 0 Å². The van der Waals surface area contributed by atoms with Gasteiger partial charge >= 0.3 is 0 Å². The van der Waals surface area contributed by atoms with Crippen molar-refractivity contribution < 1.29 is 0 Å². The van der Waals surface area contributed by atoms with Crippen LogP contribution >= 0.6 is 0 Å². The number of nitrogens with two attached hydrogens (primary N) is 1. The average Bonchev–Trinajstić information content (AvgIpc) is 3.14. The molecule has 4 aromatic rings. The first-order valence-corrected chi connectivity index (χ1v) is 10.7. The summed E-state index contributed by atoms with van der Waals surface area (Å²) in [5.74, 6) is 0.806. The van der Waals surface area contributed by atoms with Gasteiger partial charge in [-0.25, -0.2) is 15.0 Å². The van der Waals surface area contributed by atoms with Crippen LogP contribution in [0.5, 0.6) is 0 Å². The summed E-state index contributed by atoms with van der Waals surface area (Å²) >= 11 is 0. The molecule has 0 bridgehead atoms. The van der Waals surface area contributed by atoms with Gasteiger partial charge in [-0.3, -0.25) is 4.90 Å². The second kappa shape index (κ2) is 8.00. The van der Waals surface area contributed by atoms with E-state index in [2.05, 4.69) is 56.2 Å². The van der Waals surface area contributed by atoms with E-state index in [1.54, 1.807) is 12.4 Å². The third-order valence-corrected chi connectivity index (χ3v) is 6.10. The molecule has 1 saturated heterocycles. The summed E-state index contributed by atoms with van der Waals surface area (Å²) < 4.78 is 2.15. The lowest BCUT2D eigenvalue weighted by Gasteiger charge is -2.34. The number of nitrogen functional groups attached to an aromatic ring is 1. The van der Waals surface area contributed by atoms with Crippen LogP contribution in [0.1, 0.15) is 16.8 Å². The molecule has 0 saturated carbocycles. The second-order valence-corrected chi connectivity index (χ2v) is 8.21. The van der Waals surface area contributed by atoms with Gasteiger partial charge in [0.15, 0.2) is 0 Å². The predicted octanol–water partition coefficient (Wildman–Crippen LogP) is 3.31. The maximum absolute atomic E-state index is 6.12. The number of rotatable bonds is 4. The highest BCUT2D eigenvalue weighted by molar-refractivity contribution is 5.68. The van der Waals surface area contributed by atoms with Crippen LogP contribution in [0.15, 0.2) is 55.0 Å². The Balaban J connectivity index is 1.45. The van der Waals surface area contributed by atoms with Crippen LogP contribution in [0.25, 0.3) is 16.9 Å². The molecule has 0 radical (unpaired) electrons. The van der Waals surface area contributed by atoms with E-state index in [-0.39, 0.29) is 0 Å². The molecule has 7 nitrogen and oxygen atoms in total. The molecular weight excluding hydrogens is 386 g/mol. The number of hydrogen-bond acceptors (Lipinski definition) is 6. The molecule has 5 rings (SSSR count). The van der Waals surface area contributed by atoms with Crippen molar-refractivity contribution in [2.24, 2.45) is 0 Å². The Hall–Kier alpha value is -3.45. The molecule has 4 heterocycles. The number of pyridine rings is 1. The molecule has 3 aromatic heterocycles. The van der Waals surface area contributed by atoms with E-state index in [4.69, 9.17) is 10.7 Å². The molecule has 1 fully saturated rings. The first kappa shape index (κ1) is 19.5. The zero-order valence-electron chi connectivity index (χ0n) is 18.0. The number of imidazole rings is 1.